The molecule has 0 aliphatic carbocycles. The first-order chi connectivity index (χ1) is 8.91. The summed E-state index contributed by atoms with van der Waals surface area (Å²) in [6.45, 7) is 0. The second-order valence-electron chi connectivity index (χ2n) is 4.41. The minimum Gasteiger partial charge on any atom is -0.488 e. The Morgan fingerprint density at radius 1 is 1.26 bits per heavy atom. The highest BCUT2D eigenvalue weighted by atomic mass is 32.2. The van der Waals surface area contributed by atoms with Crippen molar-refractivity contribution in [3.63, 3.8) is 0 Å². The first-order valence-corrected chi connectivity index (χ1v) is 7.54. The third-order valence-corrected chi connectivity index (χ3v) is 4.63. The molecule has 0 spiro atoms. The van der Waals surface area contributed by atoms with E-state index in [4.69, 9.17) is 10.5 Å². The van der Waals surface area contributed by atoms with Crippen molar-refractivity contribution in [3.05, 3.63) is 29.8 Å². The van der Waals surface area contributed by atoms with Crippen LogP contribution in [0.3, 0.4) is 0 Å². The third-order valence-electron chi connectivity index (χ3n) is 2.90. The fourth-order valence-electron chi connectivity index (χ4n) is 1.93. The van der Waals surface area contributed by atoms with Crippen LogP contribution >= 0.6 is 0 Å². The Morgan fingerprint density at radius 2 is 1.89 bits per heavy atom. The largest absolute Gasteiger partial charge is 0.488 e. The van der Waals surface area contributed by atoms with Crippen LogP contribution < -0.4 is 10.5 Å². The van der Waals surface area contributed by atoms with Gasteiger partial charge in [0.15, 0.2) is 9.84 Å². The SMILES string of the molecule is COC(=O)c1ccc(OC2CS(=O)(=O)CC2N)cc1. The normalized spacial score (nSPS) is 24.9. The van der Waals surface area contributed by atoms with Crippen LogP contribution in [0.5, 0.6) is 5.75 Å². The molecule has 2 unspecified atom stereocenters. The Bertz CT molecular complexity index is 566. The van der Waals surface area contributed by atoms with Crippen molar-refractivity contribution in [3.8, 4) is 5.75 Å². The lowest BCUT2D eigenvalue weighted by Gasteiger charge is -2.16. The number of hydrogen-bond donors (Lipinski definition) is 1. The summed E-state index contributed by atoms with van der Waals surface area (Å²) in [5, 5.41) is 0. The molecule has 19 heavy (non-hydrogen) atoms. The van der Waals surface area contributed by atoms with Crippen LogP contribution in [0.1, 0.15) is 10.4 Å². The predicted molar refractivity (Wildman–Crippen MR) is 68.8 cm³/mol. The van der Waals surface area contributed by atoms with E-state index in [-0.39, 0.29) is 11.5 Å². The van der Waals surface area contributed by atoms with Gasteiger partial charge in [-0.15, -0.1) is 0 Å². The van der Waals surface area contributed by atoms with Crippen molar-refractivity contribution >= 4 is 15.8 Å². The molecule has 0 radical (unpaired) electrons. The highest BCUT2D eigenvalue weighted by Gasteiger charge is 2.36. The molecule has 1 aliphatic heterocycles. The van der Waals surface area contributed by atoms with E-state index < -0.39 is 28.0 Å². The molecule has 7 heteroatoms. The quantitative estimate of drug-likeness (QED) is 0.784. The lowest BCUT2D eigenvalue weighted by Crippen LogP contribution is -2.37. The Morgan fingerprint density at radius 3 is 2.37 bits per heavy atom. The monoisotopic (exact) mass is 285 g/mol. The van der Waals surface area contributed by atoms with Gasteiger partial charge in [0.2, 0.25) is 0 Å². The number of carbonyl (C=O) groups is 1. The van der Waals surface area contributed by atoms with Crippen LogP contribution in [0, 0.1) is 0 Å². The summed E-state index contributed by atoms with van der Waals surface area (Å²) in [5.74, 6) is -0.0953. The Kier molecular flexibility index (Phi) is 3.77. The first-order valence-electron chi connectivity index (χ1n) is 5.72. The zero-order chi connectivity index (χ0) is 14.0. The number of ether oxygens (including phenoxy) is 2. The van der Waals surface area contributed by atoms with E-state index in [2.05, 4.69) is 4.74 Å². The Labute approximate surface area is 111 Å². The Balaban J connectivity index is 2.06. The molecule has 0 saturated carbocycles. The smallest absolute Gasteiger partial charge is 0.337 e. The van der Waals surface area contributed by atoms with Crippen LogP contribution in [0.15, 0.2) is 24.3 Å². The molecule has 2 atom stereocenters. The predicted octanol–water partition coefficient (Wildman–Crippen LogP) is -0.0237. The zero-order valence-corrected chi connectivity index (χ0v) is 11.2. The van der Waals surface area contributed by atoms with Gasteiger partial charge < -0.3 is 15.2 Å². The summed E-state index contributed by atoms with van der Waals surface area (Å²) in [5.41, 5.74) is 6.12. The van der Waals surface area contributed by atoms with Gasteiger partial charge in [-0.05, 0) is 24.3 Å². The van der Waals surface area contributed by atoms with E-state index in [1.54, 1.807) is 24.3 Å². The van der Waals surface area contributed by atoms with Crippen LogP contribution in [-0.2, 0) is 14.6 Å². The molecule has 2 N–H and O–H groups in total. The fourth-order valence-corrected chi connectivity index (χ4v) is 3.68. The molecule has 1 heterocycles. The molecule has 0 aromatic heterocycles. The number of methoxy groups -OCH3 is 1. The second kappa shape index (κ2) is 5.18. The highest BCUT2D eigenvalue weighted by Crippen LogP contribution is 2.20. The number of rotatable bonds is 3. The van der Waals surface area contributed by atoms with Crippen molar-refractivity contribution in [2.45, 2.75) is 12.1 Å². The van der Waals surface area contributed by atoms with Gasteiger partial charge in [0, 0.05) is 0 Å². The van der Waals surface area contributed by atoms with Gasteiger partial charge in [0.25, 0.3) is 0 Å². The maximum absolute atomic E-state index is 11.4. The van der Waals surface area contributed by atoms with Crippen molar-refractivity contribution < 1.29 is 22.7 Å². The number of esters is 1. The van der Waals surface area contributed by atoms with Crippen molar-refractivity contribution in [1.82, 2.24) is 0 Å². The minimum atomic E-state index is -3.11. The van der Waals surface area contributed by atoms with Gasteiger partial charge in [0.05, 0.1) is 30.2 Å². The van der Waals surface area contributed by atoms with Crippen LogP contribution in [0.2, 0.25) is 0 Å². The maximum Gasteiger partial charge on any atom is 0.337 e. The average Bonchev–Trinajstić information content (AvgIpc) is 2.62. The number of nitrogens with two attached hydrogens (primary N) is 1. The van der Waals surface area contributed by atoms with Gasteiger partial charge in [-0.2, -0.15) is 0 Å². The lowest BCUT2D eigenvalue weighted by atomic mass is 10.2. The van der Waals surface area contributed by atoms with E-state index in [9.17, 15) is 13.2 Å². The van der Waals surface area contributed by atoms with Crippen LogP contribution in [0.25, 0.3) is 0 Å². The molecular formula is C12H15NO5S. The summed E-state index contributed by atoms with van der Waals surface area (Å²) in [6, 6.07) is 5.75. The van der Waals surface area contributed by atoms with E-state index in [1.165, 1.54) is 7.11 Å². The third kappa shape index (κ3) is 3.24. The van der Waals surface area contributed by atoms with E-state index in [0.717, 1.165) is 0 Å². The summed E-state index contributed by atoms with van der Waals surface area (Å²) in [7, 11) is -1.81. The van der Waals surface area contributed by atoms with Crippen molar-refractivity contribution in [2.75, 3.05) is 18.6 Å². The summed E-state index contributed by atoms with van der Waals surface area (Å²) in [4.78, 5) is 11.2. The topological polar surface area (TPSA) is 95.7 Å². The van der Waals surface area contributed by atoms with Gasteiger partial charge in [0.1, 0.15) is 11.9 Å². The number of hydrogen-bond acceptors (Lipinski definition) is 6. The van der Waals surface area contributed by atoms with Gasteiger partial charge in [-0.3, -0.25) is 0 Å². The molecule has 1 aliphatic rings. The van der Waals surface area contributed by atoms with Crippen molar-refractivity contribution in [2.24, 2.45) is 5.73 Å². The second-order valence-corrected chi connectivity index (χ2v) is 6.57. The fraction of sp³-hybridized carbons (Fsp3) is 0.417. The standard InChI is InChI=1S/C12H15NO5S/c1-17-12(14)8-2-4-9(5-3-8)18-11-7-19(15,16)6-10(11)13/h2-5,10-11H,6-7,13H2,1H3. The van der Waals surface area contributed by atoms with Crippen molar-refractivity contribution in [1.29, 1.82) is 0 Å². The van der Waals surface area contributed by atoms with Gasteiger partial charge in [-0.1, -0.05) is 0 Å². The first kappa shape index (κ1) is 13.8. The average molecular weight is 285 g/mol. The number of carbonyl (C=O) groups excluding carboxylic acids is 1. The van der Waals surface area contributed by atoms with Crippen LogP contribution in [0.4, 0.5) is 0 Å². The highest BCUT2D eigenvalue weighted by molar-refractivity contribution is 7.91. The van der Waals surface area contributed by atoms with Gasteiger partial charge in [-0.25, -0.2) is 13.2 Å². The number of sulfone groups is 1. The Hall–Kier alpha value is -1.60. The summed E-state index contributed by atoms with van der Waals surface area (Å²) in [6.07, 6.45) is -0.547. The molecule has 104 valence electrons. The molecule has 2 rings (SSSR count). The van der Waals surface area contributed by atoms with Gasteiger partial charge >= 0.3 is 5.97 Å². The minimum absolute atomic E-state index is 0.0576. The molecule has 1 saturated heterocycles. The molecule has 1 fully saturated rings. The molecular weight excluding hydrogens is 270 g/mol. The molecule has 0 bridgehead atoms. The molecule has 6 nitrogen and oxygen atoms in total. The number of benzene rings is 1. The summed E-state index contributed by atoms with van der Waals surface area (Å²) >= 11 is 0. The molecule has 1 aromatic rings. The molecule has 1 aromatic carbocycles. The van der Waals surface area contributed by atoms with E-state index in [1.807, 2.05) is 0 Å². The van der Waals surface area contributed by atoms with Crippen LogP contribution in [-0.4, -0.2) is 45.1 Å². The van der Waals surface area contributed by atoms with E-state index in [0.29, 0.717) is 11.3 Å². The maximum atomic E-state index is 11.4. The zero-order valence-electron chi connectivity index (χ0n) is 10.4. The lowest BCUT2D eigenvalue weighted by molar-refractivity contribution is 0.0600. The molecule has 0 amide bonds. The summed E-state index contributed by atoms with van der Waals surface area (Å²) < 4.78 is 32.9. The van der Waals surface area contributed by atoms with E-state index >= 15 is 0 Å².